The number of likely N-dealkylation sites (tertiary alicyclic amines) is 1. The van der Waals surface area contributed by atoms with E-state index < -0.39 is 0 Å². The Hall–Kier alpha value is -3.22. The first-order chi connectivity index (χ1) is 14.1. The number of benzene rings is 1. The Morgan fingerprint density at radius 3 is 2.69 bits per heavy atom. The number of nitrogens with zero attached hydrogens (tertiary/aromatic N) is 5. The van der Waals surface area contributed by atoms with Gasteiger partial charge in [0.25, 0.3) is 11.9 Å². The molecule has 148 valence electrons. The van der Waals surface area contributed by atoms with Gasteiger partial charge in [-0.1, -0.05) is 24.3 Å². The van der Waals surface area contributed by atoms with Crippen molar-refractivity contribution in [1.82, 2.24) is 20.0 Å². The molecule has 0 aliphatic carbocycles. The maximum Gasteiger partial charge on any atom is 0.266 e. The van der Waals surface area contributed by atoms with Crippen LogP contribution in [0.3, 0.4) is 0 Å². The smallest absolute Gasteiger partial charge is 0.266 e. The Morgan fingerprint density at radius 2 is 1.97 bits per heavy atom. The number of aromatic nitrogens is 3. The van der Waals surface area contributed by atoms with E-state index in [-0.39, 0.29) is 11.9 Å². The van der Waals surface area contributed by atoms with Crippen LogP contribution in [0.5, 0.6) is 0 Å². The predicted octanol–water partition coefficient (Wildman–Crippen LogP) is 3.03. The van der Waals surface area contributed by atoms with Crippen LogP contribution in [0.15, 0.2) is 53.3 Å². The molecule has 4 heterocycles. The molecular formula is C22H23N5O2. The van der Waals surface area contributed by atoms with Gasteiger partial charge in [-0.2, -0.15) is 4.98 Å². The summed E-state index contributed by atoms with van der Waals surface area (Å²) in [6.07, 6.45) is 3.35. The Kier molecular flexibility index (Phi) is 4.30. The summed E-state index contributed by atoms with van der Waals surface area (Å²) in [5.41, 5.74) is 3.05. The first-order valence-corrected chi connectivity index (χ1v) is 9.93. The van der Waals surface area contributed by atoms with E-state index in [0.717, 1.165) is 13.1 Å². The first-order valence-electron chi connectivity index (χ1n) is 9.93. The molecule has 0 bridgehead atoms. The van der Waals surface area contributed by atoms with Gasteiger partial charge in [0.05, 0.1) is 11.6 Å². The number of fused-ring (bicyclic) bond motifs is 1. The van der Waals surface area contributed by atoms with Crippen molar-refractivity contribution in [2.75, 3.05) is 24.5 Å². The van der Waals surface area contributed by atoms with E-state index in [4.69, 9.17) is 4.52 Å². The number of amides is 1. The second-order valence-electron chi connectivity index (χ2n) is 7.94. The number of carbonyl (C=O) groups is 1. The molecule has 0 saturated carbocycles. The minimum Gasteiger partial charge on any atom is -0.338 e. The fourth-order valence-electron chi connectivity index (χ4n) is 4.81. The number of aryl methyl sites for hydroxylation is 2. The summed E-state index contributed by atoms with van der Waals surface area (Å²) in [5.74, 6) is 1.93. The fraction of sp³-hybridized carbons (Fsp3) is 0.364. The lowest BCUT2D eigenvalue weighted by Gasteiger charge is -2.30. The fourth-order valence-corrected chi connectivity index (χ4v) is 4.81. The third-order valence-corrected chi connectivity index (χ3v) is 6.14. The quantitative estimate of drug-likeness (QED) is 0.685. The van der Waals surface area contributed by atoms with Gasteiger partial charge in [0, 0.05) is 50.8 Å². The van der Waals surface area contributed by atoms with Crippen LogP contribution in [0.2, 0.25) is 0 Å². The molecule has 2 aliphatic rings. The molecule has 3 aromatic rings. The van der Waals surface area contributed by atoms with Crippen LogP contribution in [0.25, 0.3) is 0 Å². The molecule has 7 nitrogen and oxygen atoms in total. The lowest BCUT2D eigenvalue weighted by molar-refractivity contribution is 0.0714. The third kappa shape index (κ3) is 3.06. The minimum absolute atomic E-state index is 0.0203. The van der Waals surface area contributed by atoms with E-state index in [9.17, 15) is 4.79 Å². The maximum atomic E-state index is 13.4. The Bertz CT molecular complexity index is 1030. The number of anilines is 1. The number of pyridine rings is 1. The van der Waals surface area contributed by atoms with Crippen molar-refractivity contribution in [3.05, 3.63) is 71.4 Å². The summed E-state index contributed by atoms with van der Waals surface area (Å²) in [5, 5.41) is 4.09. The third-order valence-electron chi connectivity index (χ3n) is 6.14. The van der Waals surface area contributed by atoms with Crippen molar-refractivity contribution in [2.45, 2.75) is 19.9 Å². The predicted molar refractivity (Wildman–Crippen MR) is 107 cm³/mol. The SMILES string of the molecule is Cc1nc(N2C[C@H]3CN(C(=O)c4cccnc4)[C@H](c4ccccc4C)[C@H]3C2)no1. The summed E-state index contributed by atoms with van der Waals surface area (Å²) in [4.78, 5) is 26.1. The van der Waals surface area contributed by atoms with Crippen molar-refractivity contribution < 1.29 is 9.32 Å². The molecule has 2 saturated heterocycles. The molecule has 7 heteroatoms. The van der Waals surface area contributed by atoms with Crippen molar-refractivity contribution in [3.63, 3.8) is 0 Å². The van der Waals surface area contributed by atoms with Crippen LogP contribution >= 0.6 is 0 Å². The zero-order chi connectivity index (χ0) is 20.0. The normalized spacial score (nSPS) is 23.4. The van der Waals surface area contributed by atoms with E-state index in [1.54, 1.807) is 19.3 Å². The molecule has 0 unspecified atom stereocenters. The van der Waals surface area contributed by atoms with Gasteiger partial charge in [-0.05, 0) is 35.3 Å². The first kappa shape index (κ1) is 17.8. The highest BCUT2D eigenvalue weighted by molar-refractivity contribution is 5.94. The van der Waals surface area contributed by atoms with E-state index in [2.05, 4.69) is 45.1 Å². The van der Waals surface area contributed by atoms with E-state index in [0.29, 0.717) is 35.8 Å². The molecule has 2 aromatic heterocycles. The lowest BCUT2D eigenvalue weighted by Crippen LogP contribution is -2.36. The van der Waals surface area contributed by atoms with Gasteiger partial charge in [0.2, 0.25) is 5.89 Å². The van der Waals surface area contributed by atoms with Gasteiger partial charge in [-0.15, -0.1) is 0 Å². The summed E-state index contributed by atoms with van der Waals surface area (Å²) in [6.45, 7) is 6.26. The maximum absolute atomic E-state index is 13.4. The minimum atomic E-state index is 0.0203. The molecule has 2 fully saturated rings. The number of carbonyl (C=O) groups excluding carboxylic acids is 1. The number of hydrogen-bond donors (Lipinski definition) is 0. The average molecular weight is 389 g/mol. The van der Waals surface area contributed by atoms with Gasteiger partial charge < -0.3 is 14.3 Å². The van der Waals surface area contributed by atoms with Crippen LogP contribution in [0.4, 0.5) is 5.95 Å². The summed E-state index contributed by atoms with van der Waals surface area (Å²) in [7, 11) is 0. The summed E-state index contributed by atoms with van der Waals surface area (Å²) in [6, 6.07) is 12.0. The largest absolute Gasteiger partial charge is 0.338 e. The highest BCUT2D eigenvalue weighted by Crippen LogP contribution is 2.46. The van der Waals surface area contributed by atoms with Crippen LogP contribution in [0, 0.1) is 25.7 Å². The van der Waals surface area contributed by atoms with Crippen molar-refractivity contribution in [1.29, 1.82) is 0 Å². The average Bonchev–Trinajstić information content (AvgIpc) is 3.42. The Labute approximate surface area is 169 Å². The van der Waals surface area contributed by atoms with E-state index in [1.165, 1.54) is 11.1 Å². The van der Waals surface area contributed by atoms with Gasteiger partial charge >= 0.3 is 0 Å². The lowest BCUT2D eigenvalue weighted by atomic mass is 9.87. The summed E-state index contributed by atoms with van der Waals surface area (Å²) < 4.78 is 5.17. The van der Waals surface area contributed by atoms with Crippen LogP contribution in [0.1, 0.15) is 33.4 Å². The number of hydrogen-bond acceptors (Lipinski definition) is 6. The zero-order valence-electron chi connectivity index (χ0n) is 16.5. The van der Waals surface area contributed by atoms with Gasteiger partial charge in [0.15, 0.2) is 0 Å². The second kappa shape index (κ2) is 6.99. The van der Waals surface area contributed by atoms with Crippen molar-refractivity contribution >= 4 is 11.9 Å². The van der Waals surface area contributed by atoms with Crippen molar-refractivity contribution in [3.8, 4) is 0 Å². The molecule has 0 spiro atoms. The second-order valence-corrected chi connectivity index (χ2v) is 7.94. The monoisotopic (exact) mass is 389 g/mol. The van der Waals surface area contributed by atoms with Crippen LogP contribution < -0.4 is 4.90 Å². The molecule has 0 radical (unpaired) electrons. The number of rotatable bonds is 3. The molecule has 0 N–H and O–H groups in total. The molecule has 5 rings (SSSR count). The van der Waals surface area contributed by atoms with E-state index in [1.807, 2.05) is 23.1 Å². The molecular weight excluding hydrogens is 366 g/mol. The van der Waals surface area contributed by atoms with E-state index >= 15 is 0 Å². The molecule has 2 aliphatic heterocycles. The highest BCUT2D eigenvalue weighted by atomic mass is 16.5. The summed E-state index contributed by atoms with van der Waals surface area (Å²) >= 11 is 0. The van der Waals surface area contributed by atoms with Gasteiger partial charge in [0.1, 0.15) is 0 Å². The van der Waals surface area contributed by atoms with Crippen molar-refractivity contribution in [2.24, 2.45) is 11.8 Å². The Morgan fingerprint density at radius 1 is 1.10 bits per heavy atom. The van der Waals surface area contributed by atoms with Crippen LogP contribution in [-0.4, -0.2) is 45.6 Å². The van der Waals surface area contributed by atoms with Crippen LogP contribution in [-0.2, 0) is 0 Å². The molecule has 1 amide bonds. The Balaban J connectivity index is 1.50. The van der Waals surface area contributed by atoms with Gasteiger partial charge in [-0.25, -0.2) is 0 Å². The topological polar surface area (TPSA) is 75.4 Å². The highest BCUT2D eigenvalue weighted by Gasteiger charge is 2.50. The molecule has 1 aromatic carbocycles. The van der Waals surface area contributed by atoms with Gasteiger partial charge in [-0.3, -0.25) is 9.78 Å². The molecule has 3 atom stereocenters. The zero-order valence-corrected chi connectivity index (χ0v) is 16.5. The standard InChI is InChI=1S/C22H23N5O2/c1-14-6-3-4-8-18(14)20-19-13-26(22-24-15(2)29-25-22)11-17(19)12-27(20)21(28)16-7-5-9-23-10-16/h3-10,17,19-20H,11-13H2,1-2H3/t17-,19-,20+/m0/s1. The molecule has 29 heavy (non-hydrogen) atoms.